The fourth-order valence-corrected chi connectivity index (χ4v) is 4.19. The number of hydrogen-bond donors (Lipinski definition) is 1. The van der Waals surface area contributed by atoms with Gasteiger partial charge in [-0.25, -0.2) is 4.21 Å². The van der Waals surface area contributed by atoms with Crippen molar-refractivity contribution in [2.75, 3.05) is 20.3 Å². The van der Waals surface area contributed by atoms with Crippen LogP contribution in [0.25, 0.3) is 10.8 Å². The van der Waals surface area contributed by atoms with Crippen LogP contribution in [0.5, 0.6) is 28.7 Å². The van der Waals surface area contributed by atoms with Gasteiger partial charge in [0.05, 0.1) is 31.1 Å². The fourth-order valence-electron chi connectivity index (χ4n) is 3.12. The van der Waals surface area contributed by atoms with Gasteiger partial charge >= 0.3 is 5.97 Å². The second-order valence-corrected chi connectivity index (χ2v) is 7.93. The number of carbonyl (C=O) groups excluding carboxylic acids is 1. The molecule has 1 unspecified atom stereocenters. The van der Waals surface area contributed by atoms with Crippen molar-refractivity contribution in [2.45, 2.75) is 30.6 Å². The molecule has 7 nitrogen and oxygen atoms in total. The van der Waals surface area contributed by atoms with E-state index in [-0.39, 0.29) is 36.2 Å². The second kappa shape index (κ2) is 9.70. The number of esters is 1. The molecule has 0 amide bonds. The van der Waals surface area contributed by atoms with Gasteiger partial charge in [0.1, 0.15) is 5.75 Å². The smallest absolute Gasteiger partial charge is 0.308 e. The summed E-state index contributed by atoms with van der Waals surface area (Å²) in [6.07, 6.45) is 0. The SMILES string of the molecule is CCOc1c(OCC)c(OC(C)=O)c2cc(S(=O)c3ccc(OC)cc3)ccc2c1O. The summed E-state index contributed by atoms with van der Waals surface area (Å²) in [4.78, 5) is 12.9. The van der Waals surface area contributed by atoms with E-state index in [0.29, 0.717) is 26.3 Å². The minimum absolute atomic E-state index is 0.0946. The Morgan fingerprint density at radius 3 is 2.10 bits per heavy atom. The zero-order valence-corrected chi connectivity index (χ0v) is 18.6. The van der Waals surface area contributed by atoms with Crippen molar-refractivity contribution in [1.29, 1.82) is 0 Å². The first kappa shape index (κ1) is 22.4. The minimum atomic E-state index is -1.51. The van der Waals surface area contributed by atoms with Gasteiger partial charge in [-0.15, -0.1) is 0 Å². The van der Waals surface area contributed by atoms with Crippen LogP contribution in [0.15, 0.2) is 52.3 Å². The summed E-state index contributed by atoms with van der Waals surface area (Å²) >= 11 is 0. The van der Waals surface area contributed by atoms with Gasteiger partial charge in [0, 0.05) is 27.5 Å². The van der Waals surface area contributed by atoms with E-state index >= 15 is 0 Å². The van der Waals surface area contributed by atoms with Crippen LogP contribution in [0.2, 0.25) is 0 Å². The molecule has 0 spiro atoms. The topological polar surface area (TPSA) is 91.3 Å². The van der Waals surface area contributed by atoms with Crippen LogP contribution >= 0.6 is 0 Å². The Bertz CT molecular complexity index is 1120. The van der Waals surface area contributed by atoms with Crippen LogP contribution in [0.3, 0.4) is 0 Å². The Labute approximate surface area is 183 Å². The summed E-state index contributed by atoms with van der Waals surface area (Å²) in [5, 5.41) is 11.6. The molecule has 8 heteroatoms. The van der Waals surface area contributed by atoms with Gasteiger partial charge < -0.3 is 24.1 Å². The van der Waals surface area contributed by atoms with Crippen molar-refractivity contribution in [3.8, 4) is 28.7 Å². The lowest BCUT2D eigenvalue weighted by molar-refractivity contribution is -0.131. The number of phenolic OH excluding ortho intramolecular Hbond substituents is 1. The third-order valence-corrected chi connectivity index (χ3v) is 5.81. The van der Waals surface area contributed by atoms with Crippen molar-refractivity contribution in [3.05, 3.63) is 42.5 Å². The standard InChI is InChI=1S/C23H24O7S/c1-5-28-22-20(25)18-12-11-17(31(26)16-9-7-15(27-4)8-10-16)13-19(18)21(30-14(3)24)23(22)29-6-2/h7-13,25H,5-6H2,1-4H3. The van der Waals surface area contributed by atoms with E-state index in [0.717, 1.165) is 0 Å². The molecular formula is C23H24O7S. The highest BCUT2D eigenvalue weighted by molar-refractivity contribution is 7.85. The predicted octanol–water partition coefficient (Wildman–Crippen LogP) is 4.44. The molecule has 1 N–H and O–H groups in total. The molecule has 164 valence electrons. The average molecular weight is 445 g/mol. The first-order valence-corrected chi connectivity index (χ1v) is 10.9. The lowest BCUT2D eigenvalue weighted by Crippen LogP contribution is -2.07. The molecule has 1 atom stereocenters. The summed E-state index contributed by atoms with van der Waals surface area (Å²) in [6.45, 7) is 5.35. The molecule has 0 radical (unpaired) electrons. The lowest BCUT2D eigenvalue weighted by Gasteiger charge is -2.19. The lowest BCUT2D eigenvalue weighted by atomic mass is 10.1. The maximum atomic E-state index is 13.1. The quantitative estimate of drug-likeness (QED) is 0.406. The molecule has 31 heavy (non-hydrogen) atoms. The summed E-state index contributed by atoms with van der Waals surface area (Å²) in [5.41, 5.74) is 0. The van der Waals surface area contributed by atoms with Gasteiger partial charge in [0.15, 0.2) is 11.5 Å². The van der Waals surface area contributed by atoms with Crippen LogP contribution in [0.4, 0.5) is 0 Å². The molecule has 0 saturated heterocycles. The summed E-state index contributed by atoms with van der Waals surface area (Å²) in [5.74, 6) is 0.287. The van der Waals surface area contributed by atoms with Crippen molar-refractivity contribution >= 4 is 27.5 Å². The molecule has 0 aliphatic carbocycles. The number of rotatable bonds is 8. The van der Waals surface area contributed by atoms with Gasteiger partial charge in [-0.1, -0.05) is 0 Å². The first-order chi connectivity index (χ1) is 14.9. The van der Waals surface area contributed by atoms with Crippen LogP contribution in [0.1, 0.15) is 20.8 Å². The number of benzene rings is 3. The Kier molecular flexibility index (Phi) is 7.02. The van der Waals surface area contributed by atoms with Crippen molar-refractivity contribution in [2.24, 2.45) is 0 Å². The Morgan fingerprint density at radius 2 is 1.52 bits per heavy atom. The number of aromatic hydroxyl groups is 1. The molecule has 0 bridgehead atoms. The molecule has 0 aliphatic heterocycles. The molecule has 0 fully saturated rings. The zero-order valence-electron chi connectivity index (χ0n) is 17.8. The van der Waals surface area contributed by atoms with E-state index in [1.54, 1.807) is 63.4 Å². The van der Waals surface area contributed by atoms with Gasteiger partial charge in [-0.2, -0.15) is 0 Å². The highest BCUT2D eigenvalue weighted by Crippen LogP contribution is 2.51. The number of phenols is 1. The monoisotopic (exact) mass is 444 g/mol. The average Bonchev–Trinajstić information content (AvgIpc) is 2.78. The predicted molar refractivity (Wildman–Crippen MR) is 117 cm³/mol. The number of fused-ring (bicyclic) bond motifs is 1. The Morgan fingerprint density at radius 1 is 0.903 bits per heavy atom. The molecule has 0 heterocycles. The number of ether oxygens (including phenoxy) is 4. The van der Waals surface area contributed by atoms with Crippen molar-refractivity contribution in [1.82, 2.24) is 0 Å². The highest BCUT2D eigenvalue weighted by Gasteiger charge is 2.25. The molecule has 0 aromatic heterocycles. The largest absolute Gasteiger partial charge is 0.504 e. The van der Waals surface area contributed by atoms with Gasteiger partial charge in [0.2, 0.25) is 11.5 Å². The normalized spacial score (nSPS) is 11.7. The zero-order chi connectivity index (χ0) is 22.5. The van der Waals surface area contributed by atoms with Crippen molar-refractivity contribution < 1.29 is 33.1 Å². The third kappa shape index (κ3) is 4.59. The highest BCUT2D eigenvalue weighted by atomic mass is 32.2. The van der Waals surface area contributed by atoms with Crippen LogP contribution in [-0.2, 0) is 15.6 Å². The van der Waals surface area contributed by atoms with Crippen molar-refractivity contribution in [3.63, 3.8) is 0 Å². The van der Waals surface area contributed by atoms with Gasteiger partial charge in [-0.3, -0.25) is 4.79 Å². The van der Waals surface area contributed by atoms with Crippen LogP contribution in [0, 0.1) is 0 Å². The Balaban J connectivity index is 2.22. The van der Waals surface area contributed by atoms with E-state index < -0.39 is 16.8 Å². The maximum absolute atomic E-state index is 13.1. The van der Waals surface area contributed by atoms with Crippen LogP contribution in [-0.4, -0.2) is 35.6 Å². The van der Waals surface area contributed by atoms with Crippen LogP contribution < -0.4 is 18.9 Å². The molecule has 0 aliphatic rings. The molecule has 3 aromatic carbocycles. The minimum Gasteiger partial charge on any atom is -0.504 e. The van der Waals surface area contributed by atoms with E-state index in [1.165, 1.54) is 6.92 Å². The maximum Gasteiger partial charge on any atom is 0.308 e. The second-order valence-electron chi connectivity index (χ2n) is 6.45. The number of hydrogen-bond acceptors (Lipinski definition) is 7. The third-order valence-electron chi connectivity index (χ3n) is 4.43. The van der Waals surface area contributed by atoms with E-state index in [2.05, 4.69) is 0 Å². The number of methoxy groups -OCH3 is 1. The Hall–Kier alpha value is -3.26. The van der Waals surface area contributed by atoms with E-state index in [4.69, 9.17) is 18.9 Å². The van der Waals surface area contributed by atoms with Gasteiger partial charge in [-0.05, 0) is 56.3 Å². The summed E-state index contributed by atoms with van der Waals surface area (Å²) in [7, 11) is 0.0508. The summed E-state index contributed by atoms with van der Waals surface area (Å²) < 4.78 is 35.0. The molecule has 3 rings (SSSR count). The fraction of sp³-hybridized carbons (Fsp3) is 0.261. The van der Waals surface area contributed by atoms with E-state index in [1.807, 2.05) is 0 Å². The first-order valence-electron chi connectivity index (χ1n) is 9.73. The molecule has 0 saturated carbocycles. The molecule has 3 aromatic rings. The molecular weight excluding hydrogens is 420 g/mol. The van der Waals surface area contributed by atoms with Gasteiger partial charge in [0.25, 0.3) is 0 Å². The van der Waals surface area contributed by atoms with E-state index in [9.17, 15) is 14.1 Å². The number of carbonyl (C=O) groups is 1. The summed E-state index contributed by atoms with van der Waals surface area (Å²) in [6, 6.07) is 11.8.